The van der Waals surface area contributed by atoms with E-state index in [1.54, 1.807) is 0 Å². The summed E-state index contributed by atoms with van der Waals surface area (Å²) in [5.74, 6) is 0. The molecule has 0 N–H and O–H groups in total. The van der Waals surface area contributed by atoms with E-state index in [-0.39, 0.29) is 0 Å². The van der Waals surface area contributed by atoms with Crippen molar-refractivity contribution in [1.29, 1.82) is 5.26 Å². The normalized spacial score (nSPS) is 14.0. The van der Waals surface area contributed by atoms with Crippen molar-refractivity contribution in [3.8, 4) is 6.07 Å². The van der Waals surface area contributed by atoms with Crippen molar-refractivity contribution in [1.82, 2.24) is 0 Å². The molecule has 0 radical (unpaired) electrons. The lowest BCUT2D eigenvalue weighted by Gasteiger charge is -2.17. The fraction of sp³-hybridized carbons (Fsp3) is 0.118. The van der Waals surface area contributed by atoms with Crippen molar-refractivity contribution in [2.45, 2.75) is 12.3 Å². The van der Waals surface area contributed by atoms with E-state index in [4.69, 9.17) is 0 Å². The zero-order valence-corrected chi connectivity index (χ0v) is 10.4. The summed E-state index contributed by atoms with van der Waals surface area (Å²) >= 11 is 0. The zero-order valence-electron chi connectivity index (χ0n) is 10.4. The molecule has 0 saturated heterocycles. The summed E-state index contributed by atoms with van der Waals surface area (Å²) in [5, 5.41) is 9.42. The van der Waals surface area contributed by atoms with Crippen molar-refractivity contribution in [3.63, 3.8) is 0 Å². The summed E-state index contributed by atoms with van der Waals surface area (Å²) in [5.41, 5.74) is 1.53. The van der Waals surface area contributed by atoms with E-state index in [0.29, 0.717) is 0 Å². The van der Waals surface area contributed by atoms with Gasteiger partial charge in [-0.05, 0) is 18.1 Å². The Bertz CT molecular complexity index is 564. The lowest BCUT2D eigenvalue weighted by atomic mass is 9.83. The quantitative estimate of drug-likeness (QED) is 0.780. The molecule has 0 aliphatic rings. The van der Waals surface area contributed by atoms with Crippen LogP contribution in [-0.4, -0.2) is 0 Å². The third-order valence-corrected chi connectivity index (χ3v) is 3.01. The van der Waals surface area contributed by atoms with Crippen LogP contribution in [0.15, 0.2) is 66.7 Å². The molecule has 2 aromatic rings. The molecule has 0 heterocycles. The second-order valence-corrected chi connectivity index (χ2v) is 4.42. The minimum Gasteiger partial charge on any atom is -0.197 e. The number of hydrogen-bond acceptors (Lipinski definition) is 1. The second kappa shape index (κ2) is 5.33. The molecule has 0 aliphatic carbocycles. The first-order valence-corrected chi connectivity index (χ1v) is 5.96. The van der Waals surface area contributed by atoms with Gasteiger partial charge in [0.15, 0.2) is 0 Å². The highest BCUT2D eigenvalue weighted by molar-refractivity contribution is 5.54. The van der Waals surface area contributed by atoms with Crippen LogP contribution in [0, 0.1) is 11.3 Å². The van der Waals surface area contributed by atoms with Gasteiger partial charge in [-0.25, -0.2) is 0 Å². The van der Waals surface area contributed by atoms with Gasteiger partial charge in [0.25, 0.3) is 0 Å². The van der Waals surface area contributed by atoms with Crippen molar-refractivity contribution in [2.24, 2.45) is 0 Å². The van der Waals surface area contributed by atoms with Crippen molar-refractivity contribution >= 4 is 6.08 Å². The summed E-state index contributed by atoms with van der Waals surface area (Å²) in [7, 11) is 0. The predicted octanol–water partition coefficient (Wildman–Crippen LogP) is 4.18. The van der Waals surface area contributed by atoms with E-state index < -0.39 is 5.41 Å². The molecule has 88 valence electrons. The Hall–Kier alpha value is -2.33. The summed E-state index contributed by atoms with van der Waals surface area (Å²) in [6, 6.07) is 22.2. The molecule has 0 fully saturated rings. The summed E-state index contributed by atoms with van der Waals surface area (Å²) in [6.07, 6.45) is 3.95. The SMILES string of the molecule is CC(C#N)(C=Cc1ccccc1)c1ccccc1. The Morgan fingerprint density at radius 1 is 0.944 bits per heavy atom. The molecule has 0 aliphatic heterocycles. The molecular formula is C17H15N. The largest absolute Gasteiger partial charge is 0.197 e. The van der Waals surface area contributed by atoms with E-state index in [1.807, 2.05) is 79.7 Å². The predicted molar refractivity (Wildman–Crippen MR) is 74.9 cm³/mol. The molecule has 1 heteroatoms. The Balaban J connectivity index is 2.30. The van der Waals surface area contributed by atoms with Crippen LogP contribution in [-0.2, 0) is 5.41 Å². The van der Waals surface area contributed by atoms with Crippen LogP contribution in [0.1, 0.15) is 18.1 Å². The van der Waals surface area contributed by atoms with Crippen LogP contribution in [0.2, 0.25) is 0 Å². The summed E-state index contributed by atoms with van der Waals surface area (Å²) < 4.78 is 0. The monoisotopic (exact) mass is 233 g/mol. The molecule has 0 aromatic heterocycles. The van der Waals surface area contributed by atoms with Crippen molar-refractivity contribution in [2.75, 3.05) is 0 Å². The first kappa shape index (κ1) is 12.1. The molecule has 0 spiro atoms. The highest BCUT2D eigenvalue weighted by atomic mass is 14.3. The minimum absolute atomic E-state index is 0.586. The Morgan fingerprint density at radius 3 is 2.06 bits per heavy atom. The van der Waals surface area contributed by atoms with Crippen LogP contribution < -0.4 is 0 Å². The van der Waals surface area contributed by atoms with Gasteiger partial charge in [0.2, 0.25) is 0 Å². The van der Waals surface area contributed by atoms with Gasteiger partial charge >= 0.3 is 0 Å². The van der Waals surface area contributed by atoms with Gasteiger partial charge in [-0.3, -0.25) is 0 Å². The van der Waals surface area contributed by atoms with Crippen LogP contribution in [0.3, 0.4) is 0 Å². The molecule has 2 rings (SSSR count). The van der Waals surface area contributed by atoms with Gasteiger partial charge in [0.1, 0.15) is 0 Å². The van der Waals surface area contributed by atoms with Crippen LogP contribution in [0.4, 0.5) is 0 Å². The van der Waals surface area contributed by atoms with Gasteiger partial charge in [-0.15, -0.1) is 0 Å². The highest BCUT2D eigenvalue weighted by Gasteiger charge is 2.22. The van der Waals surface area contributed by atoms with E-state index in [1.165, 1.54) is 0 Å². The van der Waals surface area contributed by atoms with Gasteiger partial charge in [-0.2, -0.15) is 5.26 Å². The Morgan fingerprint density at radius 2 is 1.50 bits per heavy atom. The van der Waals surface area contributed by atoms with Crippen LogP contribution in [0.5, 0.6) is 0 Å². The summed E-state index contributed by atoms with van der Waals surface area (Å²) in [4.78, 5) is 0. The average Bonchev–Trinajstić information content (AvgIpc) is 2.47. The number of benzene rings is 2. The van der Waals surface area contributed by atoms with Crippen LogP contribution >= 0.6 is 0 Å². The highest BCUT2D eigenvalue weighted by Crippen LogP contribution is 2.25. The van der Waals surface area contributed by atoms with Crippen molar-refractivity contribution < 1.29 is 0 Å². The van der Waals surface area contributed by atoms with E-state index in [0.717, 1.165) is 11.1 Å². The molecule has 0 bridgehead atoms. The maximum absolute atomic E-state index is 9.42. The van der Waals surface area contributed by atoms with Gasteiger partial charge in [0.05, 0.1) is 11.5 Å². The molecule has 18 heavy (non-hydrogen) atoms. The van der Waals surface area contributed by atoms with Gasteiger partial charge < -0.3 is 0 Å². The first-order valence-electron chi connectivity index (χ1n) is 5.96. The minimum atomic E-state index is -0.586. The maximum Gasteiger partial charge on any atom is 0.0977 e. The molecule has 2 aromatic carbocycles. The van der Waals surface area contributed by atoms with E-state index in [9.17, 15) is 5.26 Å². The molecule has 1 unspecified atom stereocenters. The third-order valence-electron chi connectivity index (χ3n) is 3.01. The lowest BCUT2D eigenvalue weighted by molar-refractivity contribution is 0.779. The van der Waals surface area contributed by atoms with Gasteiger partial charge in [-0.1, -0.05) is 72.8 Å². The number of nitrogens with zero attached hydrogens (tertiary/aromatic N) is 1. The number of nitriles is 1. The zero-order chi connectivity index (χ0) is 12.8. The second-order valence-electron chi connectivity index (χ2n) is 4.42. The third kappa shape index (κ3) is 2.67. The molecular weight excluding hydrogens is 218 g/mol. The number of rotatable bonds is 3. The van der Waals surface area contributed by atoms with E-state index in [2.05, 4.69) is 6.07 Å². The first-order chi connectivity index (χ1) is 8.74. The lowest BCUT2D eigenvalue weighted by Crippen LogP contribution is -2.15. The topological polar surface area (TPSA) is 23.8 Å². The molecule has 0 saturated carbocycles. The standard InChI is InChI=1S/C17H15N/c1-17(14-18,16-10-6-3-7-11-16)13-12-15-8-4-2-5-9-15/h2-13H,1H3. The summed E-state index contributed by atoms with van der Waals surface area (Å²) in [6.45, 7) is 1.93. The molecule has 1 atom stereocenters. The Labute approximate surface area is 108 Å². The number of allylic oxidation sites excluding steroid dienone is 1. The molecule has 0 amide bonds. The van der Waals surface area contributed by atoms with E-state index >= 15 is 0 Å². The number of hydrogen-bond donors (Lipinski definition) is 0. The van der Waals surface area contributed by atoms with Crippen LogP contribution in [0.25, 0.3) is 6.08 Å². The van der Waals surface area contributed by atoms with Gasteiger partial charge in [0, 0.05) is 0 Å². The maximum atomic E-state index is 9.42. The fourth-order valence-corrected chi connectivity index (χ4v) is 1.81. The molecule has 1 nitrogen and oxygen atoms in total. The Kier molecular flexibility index (Phi) is 3.60. The average molecular weight is 233 g/mol. The van der Waals surface area contributed by atoms with Crippen molar-refractivity contribution in [3.05, 3.63) is 77.9 Å². The smallest absolute Gasteiger partial charge is 0.0977 e. The fourth-order valence-electron chi connectivity index (χ4n) is 1.81.